The average Bonchev–Trinajstić information content (AvgIpc) is 2.99. The van der Waals surface area contributed by atoms with Crippen LogP contribution in [0.5, 0.6) is 0 Å². The lowest BCUT2D eigenvalue weighted by molar-refractivity contribution is -0.283. The summed E-state index contributed by atoms with van der Waals surface area (Å²) in [6.07, 6.45) is 4.88. The van der Waals surface area contributed by atoms with Crippen molar-refractivity contribution in [3.63, 3.8) is 0 Å². The fraction of sp³-hybridized carbons (Fsp3) is 0.455. The first-order valence-corrected chi connectivity index (χ1v) is 15.4. The predicted octanol–water partition coefficient (Wildman–Crippen LogP) is 7.25. The van der Waals surface area contributed by atoms with Gasteiger partial charge in [-0.15, -0.1) is 0 Å². The zero-order chi connectivity index (χ0) is 26.7. The molecule has 1 aliphatic carbocycles. The molecule has 1 heterocycles. The smallest absolute Gasteiger partial charge is 0.172 e. The molecule has 6 heteroatoms. The third-order valence-corrected chi connectivity index (χ3v) is 8.71. The molecule has 1 saturated heterocycles. The van der Waals surface area contributed by atoms with Crippen LogP contribution in [-0.2, 0) is 43.5 Å². The monoisotopic (exact) mass is 642 g/mol. The van der Waals surface area contributed by atoms with Crippen LogP contribution < -0.4 is 0 Å². The van der Waals surface area contributed by atoms with Crippen LogP contribution in [0, 0.1) is 0 Å². The van der Waals surface area contributed by atoms with Crippen molar-refractivity contribution < 1.29 is 23.7 Å². The number of hydrogen-bond donors (Lipinski definition) is 0. The number of benzene rings is 3. The maximum absolute atomic E-state index is 6.66. The van der Waals surface area contributed by atoms with Crippen molar-refractivity contribution >= 4 is 22.6 Å². The van der Waals surface area contributed by atoms with E-state index in [9.17, 15) is 0 Å². The van der Waals surface area contributed by atoms with Crippen molar-refractivity contribution in [3.8, 4) is 0 Å². The largest absolute Gasteiger partial charge is 0.374 e. The van der Waals surface area contributed by atoms with Gasteiger partial charge in [-0.3, -0.25) is 0 Å². The Morgan fingerprint density at radius 1 is 0.641 bits per heavy atom. The highest BCUT2D eigenvalue weighted by Crippen LogP contribution is 2.35. The van der Waals surface area contributed by atoms with Gasteiger partial charge in [-0.25, -0.2) is 0 Å². The number of hydrogen-bond acceptors (Lipinski definition) is 5. The highest BCUT2D eigenvalue weighted by molar-refractivity contribution is 14.1. The summed E-state index contributed by atoms with van der Waals surface area (Å²) in [4.78, 5) is 0. The molecule has 3 aromatic carbocycles. The lowest BCUT2D eigenvalue weighted by Crippen LogP contribution is -2.59. The lowest BCUT2D eigenvalue weighted by atomic mass is 9.97. The fourth-order valence-electron chi connectivity index (χ4n) is 5.29. The van der Waals surface area contributed by atoms with Crippen LogP contribution in [0.4, 0.5) is 0 Å². The van der Waals surface area contributed by atoms with Crippen molar-refractivity contribution in [1.29, 1.82) is 0 Å². The van der Waals surface area contributed by atoms with Crippen molar-refractivity contribution in [2.75, 3.05) is 6.61 Å². The summed E-state index contributed by atoms with van der Waals surface area (Å²) in [5.74, 6) is 0. The van der Waals surface area contributed by atoms with E-state index in [1.807, 2.05) is 54.6 Å². The van der Waals surface area contributed by atoms with Gasteiger partial charge in [-0.05, 0) is 29.5 Å². The highest BCUT2D eigenvalue weighted by Gasteiger charge is 2.47. The maximum atomic E-state index is 6.66. The molecule has 0 bridgehead atoms. The van der Waals surface area contributed by atoms with E-state index < -0.39 is 0 Å². The lowest BCUT2D eigenvalue weighted by Gasteiger charge is -2.45. The van der Waals surface area contributed by atoms with Crippen LogP contribution in [0.2, 0.25) is 0 Å². The summed E-state index contributed by atoms with van der Waals surface area (Å²) in [6.45, 7) is 1.90. The zero-order valence-electron chi connectivity index (χ0n) is 22.4. The summed E-state index contributed by atoms with van der Waals surface area (Å²) in [6, 6.07) is 30.8. The Bertz CT molecular complexity index is 1080. The molecule has 3 aromatic rings. The molecular formula is C33H39IO5. The molecule has 5 atom stereocenters. The van der Waals surface area contributed by atoms with Crippen molar-refractivity contribution in [1.82, 2.24) is 0 Å². The molecule has 208 valence electrons. The van der Waals surface area contributed by atoms with E-state index in [0.29, 0.717) is 26.4 Å². The Labute approximate surface area is 246 Å². The second-order valence-corrected chi connectivity index (χ2v) is 11.8. The Hall–Kier alpha value is -1.81. The zero-order valence-corrected chi connectivity index (χ0v) is 24.6. The van der Waals surface area contributed by atoms with E-state index in [4.69, 9.17) is 23.7 Å². The van der Waals surface area contributed by atoms with Crippen LogP contribution in [0.3, 0.4) is 0 Å². The quantitative estimate of drug-likeness (QED) is 0.154. The molecule has 2 fully saturated rings. The standard InChI is InChI=1S/C33H39IO5/c34-30-32(37-23-27-17-9-3-10-18-27)31(36-22-26-15-7-2-8-16-26)29(24-35-21-25-13-5-1-6-14-25)39-33(30)38-28-19-11-4-12-20-28/h1-3,5-10,13-18,28-33H,4,11-12,19-24H2/t29-,30-,31-,32+,33-/m1/s1. The summed E-state index contributed by atoms with van der Waals surface area (Å²) >= 11 is 2.45. The summed E-state index contributed by atoms with van der Waals surface area (Å²) < 4.78 is 32.7. The van der Waals surface area contributed by atoms with Crippen LogP contribution in [-0.4, -0.2) is 41.2 Å². The van der Waals surface area contributed by atoms with Gasteiger partial charge < -0.3 is 23.7 Å². The molecule has 0 spiro atoms. The van der Waals surface area contributed by atoms with Gasteiger partial charge in [0.25, 0.3) is 0 Å². The van der Waals surface area contributed by atoms with Crippen LogP contribution in [0.25, 0.3) is 0 Å². The maximum Gasteiger partial charge on any atom is 0.172 e. The second-order valence-electron chi connectivity index (χ2n) is 10.4. The molecule has 0 radical (unpaired) electrons. The van der Waals surface area contributed by atoms with Gasteiger partial charge >= 0.3 is 0 Å². The molecule has 2 aliphatic rings. The first-order chi connectivity index (χ1) is 19.3. The van der Waals surface area contributed by atoms with Crippen molar-refractivity contribution in [3.05, 3.63) is 108 Å². The van der Waals surface area contributed by atoms with E-state index in [2.05, 4.69) is 59.0 Å². The Morgan fingerprint density at radius 2 is 1.15 bits per heavy atom. The molecule has 0 N–H and O–H groups in total. The van der Waals surface area contributed by atoms with Crippen LogP contribution in [0.1, 0.15) is 48.8 Å². The Morgan fingerprint density at radius 3 is 1.72 bits per heavy atom. The minimum absolute atomic E-state index is 0.0283. The van der Waals surface area contributed by atoms with Gasteiger partial charge in [-0.2, -0.15) is 0 Å². The minimum atomic E-state index is -0.378. The topological polar surface area (TPSA) is 46.2 Å². The van der Waals surface area contributed by atoms with E-state index in [0.717, 1.165) is 29.5 Å². The number of rotatable bonds is 12. The first kappa shape index (κ1) is 28.7. The van der Waals surface area contributed by atoms with Gasteiger partial charge in [0.15, 0.2) is 6.29 Å². The van der Waals surface area contributed by atoms with E-state index in [1.165, 1.54) is 19.3 Å². The van der Waals surface area contributed by atoms with E-state index in [1.54, 1.807) is 0 Å². The molecule has 0 unspecified atom stereocenters. The van der Waals surface area contributed by atoms with Gasteiger partial charge in [0, 0.05) is 0 Å². The number of alkyl halides is 1. The molecule has 39 heavy (non-hydrogen) atoms. The SMILES string of the molecule is I[C@H]1[C@H](OC2CCCCC2)O[C@H](COCc2ccccc2)[C@@H](OCc2ccccc2)[C@H]1OCc1ccccc1. The summed E-state index contributed by atoms with van der Waals surface area (Å²) in [5.41, 5.74) is 3.39. The minimum Gasteiger partial charge on any atom is -0.374 e. The van der Waals surface area contributed by atoms with Gasteiger partial charge in [0.05, 0.1) is 36.5 Å². The molecule has 5 rings (SSSR count). The predicted molar refractivity (Wildman–Crippen MR) is 161 cm³/mol. The van der Waals surface area contributed by atoms with Gasteiger partial charge in [0.2, 0.25) is 0 Å². The molecule has 1 saturated carbocycles. The van der Waals surface area contributed by atoms with Crippen LogP contribution in [0.15, 0.2) is 91.0 Å². The van der Waals surface area contributed by atoms with Crippen molar-refractivity contribution in [2.24, 2.45) is 0 Å². The van der Waals surface area contributed by atoms with Crippen molar-refractivity contribution in [2.45, 2.75) is 86.6 Å². The Kier molecular flexibility index (Phi) is 11.2. The molecule has 5 nitrogen and oxygen atoms in total. The third kappa shape index (κ3) is 8.59. The molecular weight excluding hydrogens is 603 g/mol. The second kappa shape index (κ2) is 15.3. The average molecular weight is 643 g/mol. The molecule has 0 aromatic heterocycles. The number of ether oxygens (including phenoxy) is 5. The first-order valence-electron chi connectivity index (χ1n) is 14.1. The van der Waals surface area contributed by atoms with E-state index in [-0.39, 0.29) is 34.6 Å². The molecule has 1 aliphatic heterocycles. The summed E-state index contributed by atoms with van der Waals surface area (Å²) in [7, 11) is 0. The fourth-order valence-corrected chi connectivity index (χ4v) is 6.25. The van der Waals surface area contributed by atoms with E-state index >= 15 is 0 Å². The molecule has 0 amide bonds. The highest BCUT2D eigenvalue weighted by atomic mass is 127. The summed E-state index contributed by atoms with van der Waals surface area (Å²) in [5, 5.41) is 0. The third-order valence-electron chi connectivity index (χ3n) is 7.42. The normalized spacial score (nSPS) is 25.9. The number of halogens is 1. The van der Waals surface area contributed by atoms with Gasteiger partial charge in [0.1, 0.15) is 18.3 Å². The van der Waals surface area contributed by atoms with Crippen LogP contribution >= 0.6 is 22.6 Å². The van der Waals surface area contributed by atoms with Gasteiger partial charge in [-0.1, -0.05) is 133 Å². The Balaban J connectivity index is 1.34.